The Labute approximate surface area is 113 Å². The van der Waals surface area contributed by atoms with E-state index in [4.69, 9.17) is 0 Å². The molecule has 0 spiro atoms. The Bertz CT molecular complexity index is 567. The lowest BCUT2D eigenvalue weighted by atomic mass is 10.2. The fraction of sp³-hybridized carbons (Fsp3) is 0.267. The minimum absolute atomic E-state index is 0.223. The Morgan fingerprint density at radius 3 is 2.63 bits per heavy atom. The summed E-state index contributed by atoms with van der Waals surface area (Å²) >= 11 is 0. The van der Waals surface area contributed by atoms with E-state index < -0.39 is 0 Å². The molecular weight excluding hydrogens is 238 g/mol. The van der Waals surface area contributed by atoms with Crippen LogP contribution in [0.15, 0.2) is 36.4 Å². The highest BCUT2D eigenvalue weighted by atomic mass is 16.3. The number of para-hydroxylation sites is 2. The maximum absolute atomic E-state index is 9.78. The van der Waals surface area contributed by atoms with Gasteiger partial charge in [-0.3, -0.25) is 4.98 Å². The molecule has 0 aliphatic carbocycles. The fourth-order valence-corrected chi connectivity index (χ4v) is 1.93. The van der Waals surface area contributed by atoms with Crippen LogP contribution in [0.25, 0.3) is 0 Å². The Balaban J connectivity index is 2.17. The second-order valence-electron chi connectivity index (χ2n) is 4.68. The molecule has 2 N–H and O–H groups in total. The molecule has 0 bridgehead atoms. The molecule has 19 heavy (non-hydrogen) atoms. The summed E-state index contributed by atoms with van der Waals surface area (Å²) in [5, 5.41) is 13.1. The van der Waals surface area contributed by atoms with Gasteiger partial charge in [-0.1, -0.05) is 12.1 Å². The molecule has 2 aromatic rings. The summed E-state index contributed by atoms with van der Waals surface area (Å²) in [4.78, 5) is 6.38. The van der Waals surface area contributed by atoms with Gasteiger partial charge in [-0.05, 0) is 31.2 Å². The standard InChI is InChI=1S/C15H19N3O/c1-11-8-9-15(19)13(17-11)10-16-12-6-4-5-7-14(12)18(2)3/h4-9,16,19H,10H2,1-3H3. The van der Waals surface area contributed by atoms with Gasteiger partial charge >= 0.3 is 0 Å². The van der Waals surface area contributed by atoms with E-state index in [1.54, 1.807) is 12.1 Å². The highest BCUT2D eigenvalue weighted by Gasteiger charge is 2.06. The van der Waals surface area contributed by atoms with Crippen LogP contribution in [0, 0.1) is 6.92 Å². The highest BCUT2D eigenvalue weighted by molar-refractivity contribution is 5.69. The molecule has 0 atom stereocenters. The Kier molecular flexibility index (Phi) is 3.90. The van der Waals surface area contributed by atoms with Crippen molar-refractivity contribution in [3.63, 3.8) is 0 Å². The molecule has 0 fully saturated rings. The molecule has 0 aliphatic rings. The molecule has 4 heteroatoms. The first-order valence-corrected chi connectivity index (χ1v) is 6.23. The zero-order valence-corrected chi connectivity index (χ0v) is 11.5. The molecule has 1 aromatic heterocycles. The summed E-state index contributed by atoms with van der Waals surface area (Å²) in [6.45, 7) is 2.41. The first-order chi connectivity index (χ1) is 9.08. The lowest BCUT2D eigenvalue weighted by molar-refractivity contribution is 0.464. The van der Waals surface area contributed by atoms with Crippen molar-refractivity contribution in [2.45, 2.75) is 13.5 Å². The van der Waals surface area contributed by atoms with Crippen molar-refractivity contribution in [1.82, 2.24) is 4.98 Å². The van der Waals surface area contributed by atoms with Gasteiger partial charge in [0.2, 0.25) is 0 Å². The largest absolute Gasteiger partial charge is 0.506 e. The first-order valence-electron chi connectivity index (χ1n) is 6.23. The SMILES string of the molecule is Cc1ccc(O)c(CNc2ccccc2N(C)C)n1. The normalized spacial score (nSPS) is 10.3. The topological polar surface area (TPSA) is 48.4 Å². The van der Waals surface area contributed by atoms with E-state index >= 15 is 0 Å². The second-order valence-corrected chi connectivity index (χ2v) is 4.68. The molecule has 0 aliphatic heterocycles. The maximum Gasteiger partial charge on any atom is 0.138 e. The van der Waals surface area contributed by atoms with E-state index in [0.717, 1.165) is 17.1 Å². The minimum Gasteiger partial charge on any atom is -0.506 e. The van der Waals surface area contributed by atoms with E-state index in [0.29, 0.717) is 12.2 Å². The van der Waals surface area contributed by atoms with Gasteiger partial charge in [0.25, 0.3) is 0 Å². The van der Waals surface area contributed by atoms with E-state index in [2.05, 4.69) is 10.3 Å². The third-order valence-electron chi connectivity index (χ3n) is 2.92. The molecular formula is C15H19N3O. The maximum atomic E-state index is 9.78. The Morgan fingerprint density at radius 2 is 1.89 bits per heavy atom. The highest BCUT2D eigenvalue weighted by Crippen LogP contribution is 2.25. The van der Waals surface area contributed by atoms with E-state index in [9.17, 15) is 5.11 Å². The molecule has 2 rings (SSSR count). The quantitative estimate of drug-likeness (QED) is 0.884. The van der Waals surface area contributed by atoms with Gasteiger partial charge in [-0.2, -0.15) is 0 Å². The van der Waals surface area contributed by atoms with Gasteiger partial charge in [-0.15, -0.1) is 0 Å². The van der Waals surface area contributed by atoms with E-state index in [-0.39, 0.29) is 5.75 Å². The van der Waals surface area contributed by atoms with Crippen LogP contribution >= 0.6 is 0 Å². The van der Waals surface area contributed by atoms with Gasteiger partial charge in [-0.25, -0.2) is 0 Å². The molecule has 0 radical (unpaired) electrons. The molecule has 0 amide bonds. The van der Waals surface area contributed by atoms with Crippen LogP contribution in [-0.4, -0.2) is 24.2 Å². The number of anilines is 2. The van der Waals surface area contributed by atoms with Crippen LogP contribution in [0.4, 0.5) is 11.4 Å². The molecule has 0 unspecified atom stereocenters. The zero-order valence-electron chi connectivity index (χ0n) is 11.5. The minimum atomic E-state index is 0.223. The van der Waals surface area contributed by atoms with Gasteiger partial charge in [0, 0.05) is 19.8 Å². The predicted octanol–water partition coefficient (Wildman–Crippen LogP) is 2.77. The van der Waals surface area contributed by atoms with Crippen LogP contribution in [-0.2, 0) is 6.54 Å². The van der Waals surface area contributed by atoms with Crippen LogP contribution < -0.4 is 10.2 Å². The van der Waals surface area contributed by atoms with Crippen LogP contribution in [0.5, 0.6) is 5.75 Å². The fourth-order valence-electron chi connectivity index (χ4n) is 1.93. The number of hydrogen-bond acceptors (Lipinski definition) is 4. The number of nitrogens with zero attached hydrogens (tertiary/aromatic N) is 2. The lowest BCUT2D eigenvalue weighted by Crippen LogP contribution is -2.12. The second kappa shape index (κ2) is 5.61. The summed E-state index contributed by atoms with van der Waals surface area (Å²) < 4.78 is 0. The number of rotatable bonds is 4. The predicted molar refractivity (Wildman–Crippen MR) is 78.7 cm³/mol. The van der Waals surface area contributed by atoms with Crippen molar-refractivity contribution in [3.8, 4) is 5.75 Å². The molecule has 0 saturated carbocycles. The van der Waals surface area contributed by atoms with Crippen molar-refractivity contribution in [1.29, 1.82) is 0 Å². The van der Waals surface area contributed by atoms with E-state index in [1.807, 2.05) is 50.2 Å². The summed E-state index contributed by atoms with van der Waals surface area (Å²) in [5.41, 5.74) is 3.69. The molecule has 100 valence electrons. The molecule has 0 saturated heterocycles. The first kappa shape index (κ1) is 13.2. The van der Waals surface area contributed by atoms with Crippen molar-refractivity contribution >= 4 is 11.4 Å². The third-order valence-corrected chi connectivity index (χ3v) is 2.92. The van der Waals surface area contributed by atoms with Gasteiger partial charge < -0.3 is 15.3 Å². The van der Waals surface area contributed by atoms with Crippen molar-refractivity contribution < 1.29 is 5.11 Å². The molecule has 1 aromatic carbocycles. The van der Waals surface area contributed by atoms with Crippen molar-refractivity contribution in [3.05, 3.63) is 47.8 Å². The van der Waals surface area contributed by atoms with Crippen molar-refractivity contribution in [2.24, 2.45) is 0 Å². The summed E-state index contributed by atoms with van der Waals surface area (Å²) in [5.74, 6) is 0.223. The number of aryl methyl sites for hydroxylation is 1. The smallest absolute Gasteiger partial charge is 0.138 e. The molecule has 1 heterocycles. The number of benzene rings is 1. The zero-order chi connectivity index (χ0) is 13.8. The van der Waals surface area contributed by atoms with Crippen LogP contribution in [0.1, 0.15) is 11.4 Å². The van der Waals surface area contributed by atoms with Gasteiger partial charge in [0.1, 0.15) is 11.4 Å². The monoisotopic (exact) mass is 257 g/mol. The average molecular weight is 257 g/mol. The van der Waals surface area contributed by atoms with Gasteiger partial charge in [0.05, 0.1) is 17.9 Å². The van der Waals surface area contributed by atoms with E-state index in [1.165, 1.54) is 0 Å². The Hall–Kier alpha value is -2.23. The van der Waals surface area contributed by atoms with Gasteiger partial charge in [0.15, 0.2) is 0 Å². The summed E-state index contributed by atoms with van der Waals surface area (Å²) in [6, 6.07) is 11.5. The molecule has 4 nitrogen and oxygen atoms in total. The number of hydrogen-bond donors (Lipinski definition) is 2. The number of nitrogens with one attached hydrogen (secondary N) is 1. The van der Waals surface area contributed by atoms with Crippen molar-refractivity contribution in [2.75, 3.05) is 24.3 Å². The van der Waals surface area contributed by atoms with Crippen LogP contribution in [0.3, 0.4) is 0 Å². The Morgan fingerprint density at radius 1 is 1.16 bits per heavy atom. The average Bonchev–Trinajstić information content (AvgIpc) is 2.40. The summed E-state index contributed by atoms with van der Waals surface area (Å²) in [6.07, 6.45) is 0. The summed E-state index contributed by atoms with van der Waals surface area (Å²) in [7, 11) is 4.01. The number of aromatic nitrogens is 1. The number of pyridine rings is 1. The number of aromatic hydroxyl groups is 1. The van der Waals surface area contributed by atoms with Crippen LogP contribution in [0.2, 0.25) is 0 Å². The third kappa shape index (κ3) is 3.16. The lowest BCUT2D eigenvalue weighted by Gasteiger charge is -2.18.